The lowest BCUT2D eigenvalue weighted by atomic mass is 10.2. The molecule has 0 fully saturated rings. The number of hydrogen-bond acceptors (Lipinski definition) is 1. The standard InChI is InChI=1S/C16H10Cl2F2O/c17-6-2-3-11-7-13(19)9-14(8-11)21-10-12-4-1-5-15(20)16(12)18/h1,4-5,7-9H,6,10H2. The molecule has 0 spiro atoms. The van der Waals surface area contributed by atoms with Crippen molar-refractivity contribution in [1.82, 2.24) is 0 Å². The summed E-state index contributed by atoms with van der Waals surface area (Å²) in [6.45, 7) is 0.0302. The number of rotatable bonds is 3. The molecular weight excluding hydrogens is 317 g/mol. The van der Waals surface area contributed by atoms with Gasteiger partial charge < -0.3 is 4.74 Å². The molecule has 2 rings (SSSR count). The van der Waals surface area contributed by atoms with E-state index < -0.39 is 11.6 Å². The van der Waals surface area contributed by atoms with Gasteiger partial charge in [0.1, 0.15) is 24.0 Å². The first-order valence-corrected chi connectivity index (χ1v) is 6.92. The summed E-state index contributed by atoms with van der Waals surface area (Å²) in [5, 5.41) is -0.00365. The first-order valence-electron chi connectivity index (χ1n) is 6.01. The van der Waals surface area contributed by atoms with Gasteiger partial charge in [0.05, 0.1) is 10.9 Å². The lowest BCUT2D eigenvalue weighted by Gasteiger charge is -2.09. The van der Waals surface area contributed by atoms with E-state index in [2.05, 4.69) is 11.8 Å². The highest BCUT2D eigenvalue weighted by Gasteiger charge is 2.07. The van der Waals surface area contributed by atoms with Gasteiger partial charge in [0.25, 0.3) is 0 Å². The van der Waals surface area contributed by atoms with Crippen molar-refractivity contribution in [1.29, 1.82) is 0 Å². The zero-order valence-corrected chi connectivity index (χ0v) is 12.3. The Bertz CT molecular complexity index is 705. The van der Waals surface area contributed by atoms with Crippen LogP contribution < -0.4 is 4.74 Å². The molecule has 2 aromatic rings. The fourth-order valence-electron chi connectivity index (χ4n) is 1.67. The van der Waals surface area contributed by atoms with E-state index in [0.717, 1.165) is 0 Å². The van der Waals surface area contributed by atoms with Gasteiger partial charge in [0.15, 0.2) is 0 Å². The van der Waals surface area contributed by atoms with Gasteiger partial charge in [-0.1, -0.05) is 35.6 Å². The van der Waals surface area contributed by atoms with Crippen LogP contribution in [-0.2, 0) is 6.61 Å². The third-order valence-corrected chi connectivity index (χ3v) is 3.15. The average molecular weight is 327 g/mol. The second-order valence-corrected chi connectivity index (χ2v) is 4.76. The molecule has 0 unspecified atom stereocenters. The molecule has 108 valence electrons. The second-order valence-electron chi connectivity index (χ2n) is 4.11. The number of benzene rings is 2. The van der Waals surface area contributed by atoms with E-state index in [1.54, 1.807) is 12.1 Å². The summed E-state index contributed by atoms with van der Waals surface area (Å²) in [7, 11) is 0. The van der Waals surface area contributed by atoms with Crippen molar-refractivity contribution in [3.63, 3.8) is 0 Å². The largest absolute Gasteiger partial charge is 0.489 e. The fraction of sp³-hybridized carbons (Fsp3) is 0.125. The average Bonchev–Trinajstić information content (AvgIpc) is 2.46. The highest BCUT2D eigenvalue weighted by molar-refractivity contribution is 6.31. The van der Waals surface area contributed by atoms with Gasteiger partial charge in [0.2, 0.25) is 0 Å². The minimum absolute atomic E-state index is 0.00365. The Morgan fingerprint density at radius 1 is 1.14 bits per heavy atom. The summed E-state index contributed by atoms with van der Waals surface area (Å²) in [5.74, 6) is 4.78. The van der Waals surface area contributed by atoms with E-state index in [1.807, 2.05) is 0 Å². The van der Waals surface area contributed by atoms with Crippen LogP contribution >= 0.6 is 23.2 Å². The van der Waals surface area contributed by atoms with Crippen LogP contribution in [0.1, 0.15) is 11.1 Å². The van der Waals surface area contributed by atoms with Gasteiger partial charge >= 0.3 is 0 Å². The molecule has 0 N–H and O–H groups in total. The van der Waals surface area contributed by atoms with Crippen molar-refractivity contribution in [3.05, 3.63) is 64.2 Å². The summed E-state index contributed by atoms with van der Waals surface area (Å²) in [6.07, 6.45) is 0. The molecule has 0 heterocycles. The Morgan fingerprint density at radius 3 is 2.71 bits per heavy atom. The number of alkyl halides is 1. The normalized spacial score (nSPS) is 9.90. The molecule has 0 amide bonds. The molecular formula is C16H10Cl2F2O. The Labute approximate surface area is 131 Å². The summed E-state index contributed by atoms with van der Waals surface area (Å²) in [6, 6.07) is 8.51. The van der Waals surface area contributed by atoms with Crippen molar-refractivity contribution < 1.29 is 13.5 Å². The quantitative estimate of drug-likeness (QED) is 0.582. The van der Waals surface area contributed by atoms with Crippen LogP contribution in [0.5, 0.6) is 5.75 Å². The Morgan fingerprint density at radius 2 is 1.95 bits per heavy atom. The molecule has 0 aliphatic carbocycles. The van der Waals surface area contributed by atoms with Crippen molar-refractivity contribution in [2.45, 2.75) is 6.61 Å². The molecule has 0 aromatic heterocycles. The first-order chi connectivity index (χ1) is 10.1. The number of halogens is 4. The van der Waals surface area contributed by atoms with Crippen LogP contribution in [0.15, 0.2) is 36.4 Å². The summed E-state index contributed by atoms with van der Waals surface area (Å²) in [5.41, 5.74) is 0.935. The maximum absolute atomic E-state index is 13.5. The summed E-state index contributed by atoms with van der Waals surface area (Å²) in [4.78, 5) is 0. The highest BCUT2D eigenvalue weighted by atomic mass is 35.5. The summed E-state index contributed by atoms with van der Waals surface area (Å²) < 4.78 is 32.2. The minimum Gasteiger partial charge on any atom is -0.489 e. The molecule has 0 radical (unpaired) electrons. The smallest absolute Gasteiger partial charge is 0.142 e. The van der Waals surface area contributed by atoms with Gasteiger partial charge in [-0.05, 0) is 18.2 Å². The third kappa shape index (κ3) is 4.35. The van der Waals surface area contributed by atoms with Crippen molar-refractivity contribution in [2.24, 2.45) is 0 Å². The van der Waals surface area contributed by atoms with Crippen molar-refractivity contribution in [2.75, 3.05) is 5.88 Å². The molecule has 1 nitrogen and oxygen atoms in total. The lowest BCUT2D eigenvalue weighted by molar-refractivity contribution is 0.304. The Kier molecular flexibility index (Phi) is 5.44. The molecule has 2 aromatic carbocycles. The Hall–Kier alpha value is -1.76. The second kappa shape index (κ2) is 7.31. The fourth-order valence-corrected chi connectivity index (χ4v) is 1.92. The summed E-state index contributed by atoms with van der Waals surface area (Å²) >= 11 is 11.3. The molecule has 21 heavy (non-hydrogen) atoms. The predicted molar refractivity (Wildman–Crippen MR) is 79.7 cm³/mol. The van der Waals surface area contributed by atoms with Crippen molar-refractivity contribution >= 4 is 23.2 Å². The molecule has 0 bridgehead atoms. The van der Waals surface area contributed by atoms with E-state index in [9.17, 15) is 8.78 Å². The lowest BCUT2D eigenvalue weighted by Crippen LogP contribution is -1.98. The maximum atomic E-state index is 13.5. The Balaban J connectivity index is 2.16. The number of hydrogen-bond donors (Lipinski definition) is 0. The third-order valence-electron chi connectivity index (χ3n) is 2.60. The van der Waals surface area contributed by atoms with Gasteiger partial charge in [-0.15, -0.1) is 11.6 Å². The van der Waals surface area contributed by atoms with Crippen LogP contribution in [0.3, 0.4) is 0 Å². The molecule has 0 saturated heterocycles. The first kappa shape index (κ1) is 15.6. The van der Waals surface area contributed by atoms with Crippen molar-refractivity contribution in [3.8, 4) is 17.6 Å². The van der Waals surface area contributed by atoms with E-state index in [0.29, 0.717) is 11.1 Å². The van der Waals surface area contributed by atoms with Gasteiger partial charge in [0, 0.05) is 17.2 Å². The monoisotopic (exact) mass is 326 g/mol. The van der Waals surface area contributed by atoms with Gasteiger partial charge in [-0.3, -0.25) is 0 Å². The minimum atomic E-state index is -0.523. The zero-order chi connectivity index (χ0) is 15.2. The molecule has 0 aliphatic heterocycles. The molecule has 0 atom stereocenters. The van der Waals surface area contributed by atoms with E-state index in [1.165, 1.54) is 24.3 Å². The molecule has 0 aliphatic rings. The van der Waals surface area contributed by atoms with Crippen LogP contribution in [0.2, 0.25) is 5.02 Å². The van der Waals surface area contributed by atoms with Crippen LogP contribution in [0.25, 0.3) is 0 Å². The topological polar surface area (TPSA) is 9.23 Å². The van der Waals surface area contributed by atoms with Gasteiger partial charge in [-0.2, -0.15) is 0 Å². The van der Waals surface area contributed by atoms with Crippen LogP contribution in [0, 0.1) is 23.5 Å². The van der Waals surface area contributed by atoms with E-state index in [4.69, 9.17) is 27.9 Å². The van der Waals surface area contributed by atoms with E-state index >= 15 is 0 Å². The number of ether oxygens (including phenoxy) is 1. The zero-order valence-electron chi connectivity index (χ0n) is 10.8. The maximum Gasteiger partial charge on any atom is 0.142 e. The predicted octanol–water partition coefficient (Wildman–Crippen LogP) is 4.79. The van der Waals surface area contributed by atoms with E-state index in [-0.39, 0.29) is 23.3 Å². The van der Waals surface area contributed by atoms with Crippen LogP contribution in [-0.4, -0.2) is 5.88 Å². The molecule has 5 heteroatoms. The molecule has 0 saturated carbocycles. The SMILES string of the molecule is Fc1cc(C#CCCl)cc(OCc2cccc(F)c2Cl)c1. The highest BCUT2D eigenvalue weighted by Crippen LogP contribution is 2.22. The van der Waals surface area contributed by atoms with Crippen LogP contribution in [0.4, 0.5) is 8.78 Å². The van der Waals surface area contributed by atoms with Gasteiger partial charge in [-0.25, -0.2) is 8.78 Å².